The molecule has 0 radical (unpaired) electrons. The molecule has 0 heterocycles. The summed E-state index contributed by atoms with van der Waals surface area (Å²) >= 11 is 0. The number of ether oxygens (including phenoxy) is 1. The second-order valence-electron chi connectivity index (χ2n) is 4.38. The second kappa shape index (κ2) is 4.65. The van der Waals surface area contributed by atoms with Gasteiger partial charge in [0.05, 0.1) is 5.69 Å². The van der Waals surface area contributed by atoms with Crippen LogP contribution in [0.15, 0.2) is 12.1 Å². The summed E-state index contributed by atoms with van der Waals surface area (Å²) in [5.74, 6) is -3.71. The number of halogens is 3. The Morgan fingerprint density at radius 1 is 1.24 bits per heavy atom. The van der Waals surface area contributed by atoms with Gasteiger partial charge >= 0.3 is 6.09 Å². The number of carbonyl (C=O) groups is 1. The molecule has 1 aromatic rings. The highest BCUT2D eigenvalue weighted by Crippen LogP contribution is 2.20. The minimum atomic E-state index is -1.38. The van der Waals surface area contributed by atoms with E-state index in [1.54, 1.807) is 20.8 Å². The first-order chi connectivity index (χ1) is 7.69. The molecule has 0 aliphatic rings. The summed E-state index contributed by atoms with van der Waals surface area (Å²) in [6.07, 6.45) is -0.985. The zero-order valence-corrected chi connectivity index (χ0v) is 9.61. The van der Waals surface area contributed by atoms with Gasteiger partial charge in [0.15, 0.2) is 11.6 Å². The zero-order valence-electron chi connectivity index (χ0n) is 9.61. The molecule has 0 fully saturated rings. The summed E-state index contributed by atoms with van der Waals surface area (Å²) in [6.45, 7) is 4.82. The van der Waals surface area contributed by atoms with Crippen molar-refractivity contribution in [3.8, 4) is 0 Å². The molecule has 0 bridgehead atoms. The molecule has 0 unspecified atom stereocenters. The van der Waals surface area contributed by atoms with E-state index < -0.39 is 34.8 Å². The molecule has 0 saturated carbocycles. The quantitative estimate of drug-likeness (QED) is 0.772. The summed E-state index contributed by atoms with van der Waals surface area (Å²) in [5, 5.41) is 1.93. The molecule has 0 atom stereocenters. The molecule has 17 heavy (non-hydrogen) atoms. The van der Waals surface area contributed by atoms with Gasteiger partial charge in [-0.25, -0.2) is 18.0 Å². The third kappa shape index (κ3) is 3.97. The highest BCUT2D eigenvalue weighted by Gasteiger charge is 2.19. The summed E-state index contributed by atoms with van der Waals surface area (Å²) < 4.78 is 43.6. The molecule has 1 N–H and O–H groups in total. The van der Waals surface area contributed by atoms with Crippen molar-refractivity contribution < 1.29 is 22.7 Å². The maximum absolute atomic E-state index is 13.2. The molecule has 1 aromatic carbocycles. The minimum Gasteiger partial charge on any atom is -0.444 e. The van der Waals surface area contributed by atoms with E-state index in [1.807, 2.05) is 5.32 Å². The molecule has 1 rings (SSSR count). The van der Waals surface area contributed by atoms with Gasteiger partial charge in [-0.1, -0.05) is 0 Å². The average Bonchev–Trinajstić information content (AvgIpc) is 2.10. The van der Waals surface area contributed by atoms with Gasteiger partial charge in [0.25, 0.3) is 0 Å². The van der Waals surface area contributed by atoms with Crippen LogP contribution in [0.1, 0.15) is 20.8 Å². The molecule has 0 aliphatic carbocycles. The van der Waals surface area contributed by atoms with E-state index in [0.29, 0.717) is 12.1 Å². The Hall–Kier alpha value is -1.72. The van der Waals surface area contributed by atoms with Gasteiger partial charge in [0.2, 0.25) is 0 Å². The number of rotatable bonds is 1. The lowest BCUT2D eigenvalue weighted by atomic mass is 10.2. The van der Waals surface area contributed by atoms with Crippen LogP contribution >= 0.6 is 0 Å². The van der Waals surface area contributed by atoms with Crippen molar-refractivity contribution in [3.63, 3.8) is 0 Å². The lowest BCUT2D eigenvalue weighted by Crippen LogP contribution is -2.27. The molecule has 94 valence electrons. The van der Waals surface area contributed by atoms with Gasteiger partial charge in [-0.2, -0.15) is 0 Å². The van der Waals surface area contributed by atoms with E-state index in [-0.39, 0.29) is 0 Å². The van der Waals surface area contributed by atoms with Crippen molar-refractivity contribution in [2.45, 2.75) is 26.4 Å². The van der Waals surface area contributed by atoms with Crippen LogP contribution in [-0.2, 0) is 4.74 Å². The lowest BCUT2D eigenvalue weighted by molar-refractivity contribution is 0.0635. The van der Waals surface area contributed by atoms with Crippen molar-refractivity contribution in [2.24, 2.45) is 0 Å². The summed E-state index contributed by atoms with van der Waals surface area (Å²) in [7, 11) is 0. The number of anilines is 1. The molecule has 0 aromatic heterocycles. The topological polar surface area (TPSA) is 38.3 Å². The van der Waals surface area contributed by atoms with Crippen molar-refractivity contribution in [2.75, 3.05) is 5.32 Å². The van der Waals surface area contributed by atoms with Crippen LogP contribution in [0.2, 0.25) is 0 Å². The molecule has 0 spiro atoms. The number of carbonyl (C=O) groups excluding carboxylic acids is 1. The first kappa shape index (κ1) is 13.3. The number of hydrogen-bond acceptors (Lipinski definition) is 2. The van der Waals surface area contributed by atoms with Crippen LogP contribution in [-0.4, -0.2) is 11.7 Å². The van der Waals surface area contributed by atoms with Gasteiger partial charge in [-0.05, 0) is 20.8 Å². The third-order valence-corrected chi connectivity index (χ3v) is 1.63. The Morgan fingerprint density at radius 3 is 2.35 bits per heavy atom. The largest absolute Gasteiger partial charge is 0.444 e. The third-order valence-electron chi connectivity index (χ3n) is 1.63. The molecule has 0 aliphatic heterocycles. The Bertz CT molecular complexity index is 441. The molecule has 3 nitrogen and oxygen atoms in total. The number of hydrogen-bond donors (Lipinski definition) is 1. The first-order valence-corrected chi connectivity index (χ1v) is 4.83. The van der Waals surface area contributed by atoms with Crippen LogP contribution in [0.4, 0.5) is 23.7 Å². The van der Waals surface area contributed by atoms with Gasteiger partial charge < -0.3 is 4.74 Å². The van der Waals surface area contributed by atoms with E-state index in [0.717, 1.165) is 0 Å². The highest BCUT2D eigenvalue weighted by atomic mass is 19.2. The minimum absolute atomic E-state index is 0.385. The average molecular weight is 247 g/mol. The van der Waals surface area contributed by atoms with E-state index in [1.165, 1.54) is 0 Å². The summed E-state index contributed by atoms with van der Waals surface area (Å²) in [4.78, 5) is 11.3. The normalized spacial score (nSPS) is 11.2. The Morgan fingerprint density at radius 2 is 1.82 bits per heavy atom. The molecular formula is C11H12F3NO2. The van der Waals surface area contributed by atoms with Crippen LogP contribution in [0.5, 0.6) is 0 Å². The molecule has 0 saturated heterocycles. The van der Waals surface area contributed by atoms with Crippen LogP contribution in [0.25, 0.3) is 0 Å². The number of nitrogens with one attached hydrogen (secondary N) is 1. The standard InChI is InChI=1S/C11H12F3NO2/c1-11(2,3)17-10(16)15-8-5-6(12)4-7(13)9(8)14/h4-5H,1-3H3,(H,15,16). The van der Waals surface area contributed by atoms with Gasteiger partial charge in [0.1, 0.15) is 11.4 Å². The SMILES string of the molecule is CC(C)(C)OC(=O)Nc1cc(F)cc(F)c1F. The van der Waals surface area contributed by atoms with Crippen molar-refractivity contribution in [1.29, 1.82) is 0 Å². The predicted octanol–water partition coefficient (Wildman–Crippen LogP) is 3.45. The predicted molar refractivity (Wildman–Crippen MR) is 56.2 cm³/mol. The monoisotopic (exact) mass is 247 g/mol. The van der Waals surface area contributed by atoms with Crippen molar-refractivity contribution in [1.82, 2.24) is 0 Å². The molecule has 6 heteroatoms. The van der Waals surface area contributed by atoms with Gasteiger partial charge in [0, 0.05) is 12.1 Å². The summed E-state index contributed by atoms with van der Waals surface area (Å²) in [5.41, 5.74) is -1.39. The maximum Gasteiger partial charge on any atom is 0.412 e. The Kier molecular flexibility index (Phi) is 3.65. The highest BCUT2D eigenvalue weighted by molar-refractivity contribution is 5.85. The van der Waals surface area contributed by atoms with Crippen molar-refractivity contribution in [3.05, 3.63) is 29.6 Å². The Balaban J connectivity index is 2.85. The fourth-order valence-electron chi connectivity index (χ4n) is 1.06. The van der Waals surface area contributed by atoms with Crippen LogP contribution in [0.3, 0.4) is 0 Å². The number of benzene rings is 1. The summed E-state index contributed by atoms with van der Waals surface area (Å²) in [6, 6.07) is 1.05. The maximum atomic E-state index is 13.2. The van der Waals surface area contributed by atoms with Crippen molar-refractivity contribution >= 4 is 11.8 Å². The zero-order chi connectivity index (χ0) is 13.2. The van der Waals surface area contributed by atoms with Gasteiger partial charge in [-0.3, -0.25) is 5.32 Å². The second-order valence-corrected chi connectivity index (χ2v) is 4.38. The van der Waals surface area contributed by atoms with Crippen LogP contribution < -0.4 is 5.32 Å². The molecule has 1 amide bonds. The van der Waals surface area contributed by atoms with E-state index in [2.05, 4.69) is 0 Å². The lowest BCUT2D eigenvalue weighted by Gasteiger charge is -2.19. The first-order valence-electron chi connectivity index (χ1n) is 4.83. The molecular weight excluding hydrogens is 235 g/mol. The van der Waals surface area contributed by atoms with Gasteiger partial charge in [-0.15, -0.1) is 0 Å². The van der Waals surface area contributed by atoms with E-state index in [4.69, 9.17) is 4.74 Å². The van der Waals surface area contributed by atoms with E-state index >= 15 is 0 Å². The van der Waals surface area contributed by atoms with E-state index in [9.17, 15) is 18.0 Å². The Labute approximate surface area is 96.6 Å². The van der Waals surface area contributed by atoms with Crippen LogP contribution in [0, 0.1) is 17.5 Å². The fraction of sp³-hybridized carbons (Fsp3) is 0.364. The fourth-order valence-corrected chi connectivity index (χ4v) is 1.06. The number of amides is 1. The smallest absolute Gasteiger partial charge is 0.412 e.